The molecule has 0 saturated heterocycles. The first kappa shape index (κ1) is 11.8. The number of hydrogen-bond acceptors (Lipinski definition) is 6. The van der Waals surface area contributed by atoms with Crippen LogP contribution in [-0.4, -0.2) is 44.0 Å². The van der Waals surface area contributed by atoms with Gasteiger partial charge >= 0.3 is 0 Å². The molecule has 7 nitrogen and oxygen atoms in total. The Kier molecular flexibility index (Phi) is 3.52. The quantitative estimate of drug-likeness (QED) is 0.340. The monoisotopic (exact) mass is 255 g/mol. The van der Waals surface area contributed by atoms with Gasteiger partial charge in [-0.15, -0.1) is 5.10 Å². The highest BCUT2D eigenvalue weighted by Gasteiger charge is 2.33. The first-order chi connectivity index (χ1) is 8.22. The zero-order valence-electron chi connectivity index (χ0n) is 9.11. The molecular formula is C9H13N5O2S. The Labute approximate surface area is 102 Å². The first-order valence-electron chi connectivity index (χ1n) is 5.27. The van der Waals surface area contributed by atoms with Crippen molar-refractivity contribution >= 4 is 23.3 Å². The van der Waals surface area contributed by atoms with Gasteiger partial charge in [0.25, 0.3) is 5.91 Å². The summed E-state index contributed by atoms with van der Waals surface area (Å²) in [4.78, 5) is 13.8. The van der Waals surface area contributed by atoms with Gasteiger partial charge in [0, 0.05) is 24.4 Å². The normalized spacial score (nSPS) is 15.9. The van der Waals surface area contributed by atoms with Crippen molar-refractivity contribution in [2.75, 3.05) is 6.54 Å². The summed E-state index contributed by atoms with van der Waals surface area (Å²) >= 11 is 1.15. The predicted molar refractivity (Wildman–Crippen MR) is 62.0 cm³/mol. The molecule has 1 saturated carbocycles. The molecule has 1 aliphatic rings. The van der Waals surface area contributed by atoms with Crippen LogP contribution in [0.4, 0.5) is 0 Å². The largest absolute Gasteiger partial charge is 0.409 e. The molecule has 1 fully saturated rings. The Morgan fingerprint density at radius 1 is 1.71 bits per heavy atom. The van der Waals surface area contributed by atoms with Crippen LogP contribution in [0.3, 0.4) is 0 Å². The molecule has 1 aromatic heterocycles. The Bertz CT molecular complexity index is 415. The standard InChI is InChI=1S/C9H13N5O2S/c10-8(12-16)3-4-14(6-1-2-6)9(15)7-5-17-13-11-7/h5-6,16H,1-4H2,(H2,10,12). The fraction of sp³-hybridized carbons (Fsp3) is 0.556. The molecule has 1 aromatic rings. The molecule has 2 rings (SSSR count). The lowest BCUT2D eigenvalue weighted by atomic mass is 10.3. The van der Waals surface area contributed by atoms with Gasteiger partial charge in [0.05, 0.1) is 0 Å². The van der Waals surface area contributed by atoms with Crippen molar-refractivity contribution in [3.05, 3.63) is 11.1 Å². The van der Waals surface area contributed by atoms with Crippen molar-refractivity contribution in [1.29, 1.82) is 0 Å². The van der Waals surface area contributed by atoms with Gasteiger partial charge in [0.1, 0.15) is 5.84 Å². The van der Waals surface area contributed by atoms with Crippen molar-refractivity contribution in [2.24, 2.45) is 10.9 Å². The number of amides is 1. The van der Waals surface area contributed by atoms with E-state index in [9.17, 15) is 4.79 Å². The molecule has 0 aromatic carbocycles. The summed E-state index contributed by atoms with van der Waals surface area (Å²) < 4.78 is 3.67. The lowest BCUT2D eigenvalue weighted by Crippen LogP contribution is -2.36. The zero-order valence-corrected chi connectivity index (χ0v) is 9.93. The topological polar surface area (TPSA) is 105 Å². The van der Waals surface area contributed by atoms with E-state index < -0.39 is 0 Å². The second-order valence-corrected chi connectivity index (χ2v) is 4.47. The SMILES string of the molecule is NC(CCN(C(=O)c1csnn1)C1CC1)=NO. The van der Waals surface area contributed by atoms with Crippen LogP contribution in [-0.2, 0) is 0 Å². The van der Waals surface area contributed by atoms with Crippen LogP contribution < -0.4 is 5.73 Å². The van der Waals surface area contributed by atoms with Crippen molar-refractivity contribution in [3.8, 4) is 0 Å². The van der Waals surface area contributed by atoms with E-state index in [0.29, 0.717) is 18.7 Å². The molecule has 0 unspecified atom stereocenters. The molecule has 92 valence electrons. The number of nitrogens with two attached hydrogens (primary N) is 1. The maximum Gasteiger partial charge on any atom is 0.275 e. The molecule has 1 aliphatic carbocycles. The van der Waals surface area contributed by atoms with Crippen molar-refractivity contribution in [3.63, 3.8) is 0 Å². The highest BCUT2D eigenvalue weighted by Crippen LogP contribution is 2.28. The van der Waals surface area contributed by atoms with Gasteiger partial charge in [0.15, 0.2) is 5.69 Å². The molecule has 0 radical (unpaired) electrons. The van der Waals surface area contributed by atoms with E-state index in [-0.39, 0.29) is 17.8 Å². The summed E-state index contributed by atoms with van der Waals surface area (Å²) in [6.07, 6.45) is 2.36. The van der Waals surface area contributed by atoms with Crippen molar-refractivity contribution in [1.82, 2.24) is 14.5 Å². The van der Waals surface area contributed by atoms with E-state index >= 15 is 0 Å². The molecule has 0 bridgehead atoms. The third kappa shape index (κ3) is 2.90. The summed E-state index contributed by atoms with van der Waals surface area (Å²) in [5.74, 6) is -0.00755. The van der Waals surface area contributed by atoms with Crippen LogP contribution in [0.2, 0.25) is 0 Å². The molecule has 3 N–H and O–H groups in total. The molecule has 0 spiro atoms. The molecular weight excluding hydrogens is 242 g/mol. The van der Waals surface area contributed by atoms with E-state index in [1.807, 2.05) is 0 Å². The number of nitrogens with zero attached hydrogens (tertiary/aromatic N) is 4. The van der Waals surface area contributed by atoms with Crippen LogP contribution in [0.25, 0.3) is 0 Å². The number of hydrogen-bond donors (Lipinski definition) is 2. The highest BCUT2D eigenvalue weighted by atomic mass is 32.1. The van der Waals surface area contributed by atoms with Gasteiger partial charge in [-0.1, -0.05) is 9.64 Å². The Morgan fingerprint density at radius 2 is 2.47 bits per heavy atom. The van der Waals surface area contributed by atoms with E-state index in [0.717, 1.165) is 24.4 Å². The second-order valence-electron chi connectivity index (χ2n) is 3.86. The summed E-state index contributed by atoms with van der Waals surface area (Å²) in [6.45, 7) is 0.441. The minimum absolute atomic E-state index is 0.125. The van der Waals surface area contributed by atoms with Gasteiger partial charge in [0.2, 0.25) is 0 Å². The fourth-order valence-electron chi connectivity index (χ4n) is 1.53. The van der Waals surface area contributed by atoms with E-state index in [2.05, 4.69) is 14.7 Å². The first-order valence-corrected chi connectivity index (χ1v) is 6.10. The number of aromatic nitrogens is 2. The number of oxime groups is 1. The van der Waals surface area contributed by atoms with Crippen LogP contribution in [0.15, 0.2) is 10.5 Å². The summed E-state index contributed by atoms with van der Waals surface area (Å²) in [5.41, 5.74) is 5.76. The van der Waals surface area contributed by atoms with Gasteiger partial charge < -0.3 is 15.8 Å². The van der Waals surface area contributed by atoms with Gasteiger partial charge in [-0.25, -0.2) is 0 Å². The second kappa shape index (κ2) is 5.09. The van der Waals surface area contributed by atoms with Crippen LogP contribution in [0.5, 0.6) is 0 Å². The Balaban J connectivity index is 2.00. The summed E-state index contributed by atoms with van der Waals surface area (Å²) in [6, 6.07) is 0.260. The van der Waals surface area contributed by atoms with E-state index in [1.54, 1.807) is 10.3 Å². The molecule has 1 amide bonds. The molecule has 8 heteroatoms. The lowest BCUT2D eigenvalue weighted by Gasteiger charge is -2.20. The van der Waals surface area contributed by atoms with Gasteiger partial charge in [-0.05, 0) is 24.4 Å². The summed E-state index contributed by atoms with van der Waals surface area (Å²) in [5, 5.41) is 16.7. The highest BCUT2D eigenvalue weighted by molar-refractivity contribution is 7.03. The van der Waals surface area contributed by atoms with Crippen LogP contribution in [0, 0.1) is 0 Å². The smallest absolute Gasteiger partial charge is 0.275 e. The average Bonchev–Trinajstić information content (AvgIpc) is 3.02. The summed E-state index contributed by atoms with van der Waals surface area (Å²) in [7, 11) is 0. The maximum atomic E-state index is 12.1. The lowest BCUT2D eigenvalue weighted by molar-refractivity contribution is 0.0741. The molecule has 0 aliphatic heterocycles. The predicted octanol–water partition coefficient (Wildman–Crippen LogP) is 0.279. The van der Waals surface area contributed by atoms with Crippen molar-refractivity contribution < 1.29 is 10.0 Å². The minimum Gasteiger partial charge on any atom is -0.409 e. The fourth-order valence-corrected chi connectivity index (χ4v) is 1.96. The van der Waals surface area contributed by atoms with Crippen molar-refractivity contribution in [2.45, 2.75) is 25.3 Å². The number of amidine groups is 1. The zero-order chi connectivity index (χ0) is 12.3. The van der Waals surface area contributed by atoms with Gasteiger partial charge in [-0.2, -0.15) is 0 Å². The maximum absolute atomic E-state index is 12.1. The molecule has 17 heavy (non-hydrogen) atoms. The number of carbonyl (C=O) groups is 1. The number of rotatable bonds is 5. The number of carbonyl (C=O) groups excluding carboxylic acids is 1. The van der Waals surface area contributed by atoms with Crippen LogP contribution in [0.1, 0.15) is 29.8 Å². The molecule has 0 atom stereocenters. The molecule has 1 heterocycles. The van der Waals surface area contributed by atoms with E-state index in [1.165, 1.54) is 0 Å². The Morgan fingerprint density at radius 3 is 3.00 bits per heavy atom. The third-order valence-electron chi connectivity index (χ3n) is 2.56. The minimum atomic E-state index is -0.132. The van der Waals surface area contributed by atoms with E-state index in [4.69, 9.17) is 10.9 Å². The average molecular weight is 255 g/mol. The van der Waals surface area contributed by atoms with Crippen LogP contribution >= 0.6 is 11.5 Å². The third-order valence-corrected chi connectivity index (χ3v) is 3.07. The van der Waals surface area contributed by atoms with Gasteiger partial charge in [-0.3, -0.25) is 4.79 Å². The Hall–Kier alpha value is -1.70.